The number of aromatic nitrogens is 1. The van der Waals surface area contributed by atoms with E-state index in [1.807, 2.05) is 0 Å². The third-order valence-corrected chi connectivity index (χ3v) is 5.89. The SMILES string of the molecule is Cc1cc(F)ccc1Oc1cc(C2CC2)c(C(F)(F)F)cc1C(=O)Nc1ccnc(OCC2CO2)c1. The molecule has 2 heterocycles. The first kappa shape index (κ1) is 24.1. The molecule has 36 heavy (non-hydrogen) atoms. The molecule has 1 atom stereocenters. The summed E-state index contributed by atoms with van der Waals surface area (Å²) in [6, 6.07) is 8.84. The summed E-state index contributed by atoms with van der Waals surface area (Å²) in [5, 5.41) is 2.60. The average Bonchev–Trinajstić information content (AvgIpc) is 3.73. The van der Waals surface area contributed by atoms with Gasteiger partial charge in [-0.3, -0.25) is 4.79 Å². The molecule has 2 fully saturated rings. The second-order valence-electron chi connectivity index (χ2n) is 8.82. The van der Waals surface area contributed by atoms with E-state index in [0.29, 0.717) is 31.6 Å². The zero-order chi connectivity index (χ0) is 25.4. The van der Waals surface area contributed by atoms with Gasteiger partial charge in [0.1, 0.15) is 30.0 Å². The van der Waals surface area contributed by atoms with E-state index in [1.165, 1.54) is 42.6 Å². The molecule has 1 unspecified atom stereocenters. The van der Waals surface area contributed by atoms with E-state index in [1.54, 1.807) is 6.92 Å². The van der Waals surface area contributed by atoms with Crippen LogP contribution < -0.4 is 14.8 Å². The Kier molecular flexibility index (Phi) is 6.29. The highest BCUT2D eigenvalue weighted by Gasteiger charge is 2.40. The number of nitrogens with one attached hydrogen (secondary N) is 1. The van der Waals surface area contributed by atoms with E-state index in [4.69, 9.17) is 14.2 Å². The van der Waals surface area contributed by atoms with Gasteiger partial charge in [0, 0.05) is 18.0 Å². The second-order valence-corrected chi connectivity index (χ2v) is 8.82. The van der Waals surface area contributed by atoms with E-state index in [0.717, 1.165) is 6.07 Å². The summed E-state index contributed by atoms with van der Waals surface area (Å²) in [6.45, 7) is 2.51. The van der Waals surface area contributed by atoms with Crippen molar-refractivity contribution in [2.45, 2.75) is 38.0 Å². The van der Waals surface area contributed by atoms with Gasteiger partial charge in [0.2, 0.25) is 5.88 Å². The summed E-state index contributed by atoms with van der Waals surface area (Å²) in [6.07, 6.45) is -2.00. The molecule has 1 aliphatic heterocycles. The minimum Gasteiger partial charge on any atom is -0.475 e. The van der Waals surface area contributed by atoms with Crippen LogP contribution in [0.25, 0.3) is 0 Å². The van der Waals surface area contributed by atoms with E-state index in [-0.39, 0.29) is 46.2 Å². The number of benzene rings is 2. The number of carbonyl (C=O) groups excluding carboxylic acids is 1. The van der Waals surface area contributed by atoms with E-state index in [2.05, 4.69) is 10.3 Å². The molecule has 1 saturated carbocycles. The van der Waals surface area contributed by atoms with Crippen LogP contribution in [0, 0.1) is 12.7 Å². The number of nitrogens with zero attached hydrogens (tertiary/aromatic N) is 1. The number of anilines is 1. The molecular formula is C26H22F4N2O4. The van der Waals surface area contributed by atoms with Gasteiger partial charge in [0.15, 0.2) is 0 Å². The first-order valence-corrected chi connectivity index (χ1v) is 11.4. The van der Waals surface area contributed by atoms with Crippen molar-refractivity contribution in [3.05, 3.63) is 76.7 Å². The molecule has 10 heteroatoms. The number of aryl methyl sites for hydroxylation is 1. The summed E-state index contributed by atoms with van der Waals surface area (Å²) in [5.74, 6) is -1.12. The lowest BCUT2D eigenvalue weighted by atomic mass is 9.98. The van der Waals surface area contributed by atoms with Gasteiger partial charge >= 0.3 is 6.18 Å². The van der Waals surface area contributed by atoms with Crippen molar-refractivity contribution in [3.63, 3.8) is 0 Å². The number of hydrogen-bond donors (Lipinski definition) is 1. The molecule has 1 saturated heterocycles. The Hall–Kier alpha value is -3.66. The lowest BCUT2D eigenvalue weighted by Crippen LogP contribution is -2.17. The minimum atomic E-state index is -4.65. The zero-order valence-corrected chi connectivity index (χ0v) is 19.2. The van der Waals surface area contributed by atoms with Gasteiger partial charge in [-0.25, -0.2) is 9.37 Å². The molecule has 1 amide bonds. The molecule has 1 aliphatic carbocycles. The van der Waals surface area contributed by atoms with E-state index in [9.17, 15) is 22.4 Å². The predicted octanol–water partition coefficient (Wildman–Crippen LogP) is 6.25. The van der Waals surface area contributed by atoms with E-state index < -0.39 is 23.5 Å². The lowest BCUT2D eigenvalue weighted by Gasteiger charge is -2.19. The maximum atomic E-state index is 13.9. The number of ether oxygens (including phenoxy) is 3. The summed E-state index contributed by atoms with van der Waals surface area (Å²) < 4.78 is 71.8. The summed E-state index contributed by atoms with van der Waals surface area (Å²) in [7, 11) is 0. The molecule has 6 nitrogen and oxygen atoms in total. The first-order chi connectivity index (χ1) is 17.2. The fourth-order valence-corrected chi connectivity index (χ4v) is 3.79. The number of epoxide rings is 1. The standard InChI is InChI=1S/C26H22F4N2O4/c1-14-8-16(27)4-5-22(14)36-23-11-19(15-2-3-15)21(26(28,29)30)10-20(23)25(33)32-17-6-7-31-24(9-17)35-13-18-12-34-18/h4-11,15,18H,2-3,12-13H2,1H3,(H,31,32,33). The normalized spacial score (nSPS) is 17.0. The van der Waals surface area contributed by atoms with Crippen LogP contribution in [0.4, 0.5) is 23.2 Å². The third-order valence-electron chi connectivity index (χ3n) is 5.89. The molecule has 2 aromatic carbocycles. The van der Waals surface area contributed by atoms with Crippen LogP contribution in [0.1, 0.15) is 45.8 Å². The van der Waals surface area contributed by atoms with Gasteiger partial charge in [-0.15, -0.1) is 0 Å². The highest BCUT2D eigenvalue weighted by Crippen LogP contribution is 2.48. The van der Waals surface area contributed by atoms with Crippen molar-refractivity contribution in [2.24, 2.45) is 0 Å². The molecule has 188 valence electrons. The van der Waals surface area contributed by atoms with Gasteiger partial charge in [0.05, 0.1) is 17.7 Å². The van der Waals surface area contributed by atoms with Gasteiger partial charge in [0.25, 0.3) is 5.91 Å². The molecule has 1 aromatic heterocycles. The van der Waals surface area contributed by atoms with Crippen molar-refractivity contribution in [2.75, 3.05) is 18.5 Å². The van der Waals surface area contributed by atoms with Crippen molar-refractivity contribution in [1.29, 1.82) is 0 Å². The highest BCUT2D eigenvalue weighted by molar-refractivity contribution is 6.06. The van der Waals surface area contributed by atoms with E-state index >= 15 is 0 Å². The fourth-order valence-electron chi connectivity index (χ4n) is 3.79. The number of alkyl halides is 3. The van der Waals surface area contributed by atoms with Crippen LogP contribution in [0.5, 0.6) is 17.4 Å². The van der Waals surface area contributed by atoms with Crippen LogP contribution in [0.15, 0.2) is 48.7 Å². The maximum absolute atomic E-state index is 13.9. The molecule has 0 radical (unpaired) electrons. The number of pyridine rings is 1. The number of rotatable bonds is 8. The maximum Gasteiger partial charge on any atom is 0.416 e. The molecule has 0 spiro atoms. The predicted molar refractivity (Wildman–Crippen MR) is 122 cm³/mol. The summed E-state index contributed by atoms with van der Waals surface area (Å²) in [5.41, 5.74) is -0.381. The molecule has 3 aromatic rings. The van der Waals surface area contributed by atoms with Crippen LogP contribution in [-0.4, -0.2) is 30.2 Å². The number of halogens is 4. The van der Waals surface area contributed by atoms with Gasteiger partial charge in [-0.1, -0.05) is 0 Å². The smallest absolute Gasteiger partial charge is 0.416 e. The quantitative estimate of drug-likeness (QED) is 0.291. The summed E-state index contributed by atoms with van der Waals surface area (Å²) >= 11 is 0. The zero-order valence-electron chi connectivity index (χ0n) is 19.2. The van der Waals surface area contributed by atoms with Crippen molar-refractivity contribution >= 4 is 11.6 Å². The van der Waals surface area contributed by atoms with Crippen LogP contribution in [0.2, 0.25) is 0 Å². The summed E-state index contributed by atoms with van der Waals surface area (Å²) in [4.78, 5) is 17.3. The Morgan fingerprint density at radius 1 is 1.14 bits per heavy atom. The van der Waals surface area contributed by atoms with Crippen LogP contribution in [0.3, 0.4) is 0 Å². The molecular weight excluding hydrogens is 480 g/mol. The largest absolute Gasteiger partial charge is 0.475 e. The van der Waals surface area contributed by atoms with Crippen molar-refractivity contribution in [1.82, 2.24) is 4.98 Å². The Morgan fingerprint density at radius 3 is 2.58 bits per heavy atom. The Balaban J connectivity index is 1.49. The Morgan fingerprint density at radius 2 is 1.92 bits per heavy atom. The Bertz CT molecular complexity index is 1300. The minimum absolute atomic E-state index is 0.00504. The molecule has 0 bridgehead atoms. The lowest BCUT2D eigenvalue weighted by molar-refractivity contribution is -0.138. The van der Waals surface area contributed by atoms with Crippen molar-refractivity contribution < 1.29 is 36.6 Å². The van der Waals surface area contributed by atoms with Gasteiger partial charge < -0.3 is 19.5 Å². The van der Waals surface area contributed by atoms with Gasteiger partial charge in [-0.05, 0) is 73.2 Å². The van der Waals surface area contributed by atoms with Crippen LogP contribution >= 0.6 is 0 Å². The second kappa shape index (κ2) is 9.42. The number of amides is 1. The molecule has 1 N–H and O–H groups in total. The third kappa shape index (κ3) is 5.59. The first-order valence-electron chi connectivity index (χ1n) is 11.4. The fraction of sp³-hybridized carbons (Fsp3) is 0.308. The van der Waals surface area contributed by atoms with Gasteiger partial charge in [-0.2, -0.15) is 13.2 Å². The highest BCUT2D eigenvalue weighted by atomic mass is 19.4. The molecule has 2 aliphatic rings. The van der Waals surface area contributed by atoms with Crippen molar-refractivity contribution in [3.8, 4) is 17.4 Å². The Labute approximate surface area is 204 Å². The molecule has 5 rings (SSSR count). The van der Waals surface area contributed by atoms with Crippen LogP contribution in [-0.2, 0) is 10.9 Å². The number of hydrogen-bond acceptors (Lipinski definition) is 5. The average molecular weight is 502 g/mol. The monoisotopic (exact) mass is 502 g/mol. The number of carbonyl (C=O) groups is 1. The topological polar surface area (TPSA) is 73.0 Å².